The number of likely N-dealkylation sites (N-methyl/N-ethyl adjacent to an activating group) is 1. The van der Waals surface area contributed by atoms with Crippen molar-refractivity contribution in [2.24, 2.45) is 0 Å². The summed E-state index contributed by atoms with van der Waals surface area (Å²) in [6.45, 7) is 0. The van der Waals surface area contributed by atoms with Gasteiger partial charge in [-0.2, -0.15) is 0 Å². The summed E-state index contributed by atoms with van der Waals surface area (Å²) in [6, 6.07) is 4.28. The van der Waals surface area contributed by atoms with Gasteiger partial charge in [-0.25, -0.2) is 8.42 Å². The number of hydrogen-bond acceptors (Lipinski definition) is 6. The van der Waals surface area contributed by atoms with Crippen LogP contribution >= 0.6 is 0 Å². The molecule has 24 heavy (non-hydrogen) atoms. The maximum absolute atomic E-state index is 12.2. The molecule has 1 unspecified atom stereocenters. The van der Waals surface area contributed by atoms with Crippen LogP contribution in [-0.4, -0.2) is 63.9 Å². The van der Waals surface area contributed by atoms with Crippen molar-refractivity contribution >= 4 is 27.3 Å². The van der Waals surface area contributed by atoms with Crippen LogP contribution in [-0.2, 0) is 19.4 Å². The van der Waals surface area contributed by atoms with E-state index in [9.17, 15) is 18.0 Å². The van der Waals surface area contributed by atoms with E-state index >= 15 is 0 Å². The van der Waals surface area contributed by atoms with Crippen molar-refractivity contribution in [3.63, 3.8) is 0 Å². The zero-order valence-electron chi connectivity index (χ0n) is 13.7. The molecule has 1 saturated heterocycles. The molecule has 1 heterocycles. The fourth-order valence-electron chi connectivity index (χ4n) is 2.48. The van der Waals surface area contributed by atoms with Crippen molar-refractivity contribution < 1.29 is 27.5 Å². The van der Waals surface area contributed by atoms with Gasteiger partial charge in [-0.3, -0.25) is 9.59 Å². The van der Waals surface area contributed by atoms with Gasteiger partial charge in [0.05, 0.1) is 31.4 Å². The Balaban J connectivity index is 2.08. The van der Waals surface area contributed by atoms with Gasteiger partial charge in [0.1, 0.15) is 11.5 Å². The number of sulfone groups is 1. The van der Waals surface area contributed by atoms with Gasteiger partial charge in [0.2, 0.25) is 0 Å². The number of anilines is 1. The predicted molar refractivity (Wildman–Crippen MR) is 88.0 cm³/mol. The first-order chi connectivity index (χ1) is 11.3. The molecule has 0 saturated carbocycles. The Hall–Kier alpha value is -2.29. The monoisotopic (exact) mass is 356 g/mol. The molecular formula is C15H20N2O6S. The number of amides is 2. The molecule has 0 radical (unpaired) electrons. The summed E-state index contributed by atoms with van der Waals surface area (Å²) in [5.41, 5.74) is 0.323. The smallest absolute Gasteiger partial charge is 0.314 e. The molecule has 2 amide bonds. The topological polar surface area (TPSA) is 102 Å². The van der Waals surface area contributed by atoms with Crippen molar-refractivity contribution in [2.45, 2.75) is 12.5 Å². The van der Waals surface area contributed by atoms with Gasteiger partial charge in [-0.1, -0.05) is 0 Å². The highest BCUT2D eigenvalue weighted by molar-refractivity contribution is 7.91. The third kappa shape index (κ3) is 3.97. The van der Waals surface area contributed by atoms with Gasteiger partial charge in [-0.05, 0) is 18.6 Å². The standard InChI is InChI=1S/C15H20N2O6S/c1-17(10-6-7-24(20,21)9-10)15(19)14(18)16-12-5-4-11(22-2)8-13(12)23-3/h4-5,8,10H,6-7,9H2,1-3H3,(H,16,18). The number of benzene rings is 1. The van der Waals surface area contributed by atoms with Crippen molar-refractivity contribution in [2.75, 3.05) is 38.1 Å². The Morgan fingerprint density at radius 2 is 1.96 bits per heavy atom. The van der Waals surface area contributed by atoms with E-state index in [0.717, 1.165) is 0 Å². The largest absolute Gasteiger partial charge is 0.497 e. The lowest BCUT2D eigenvalue weighted by molar-refractivity contribution is -0.143. The minimum absolute atomic E-state index is 0.0310. The van der Waals surface area contributed by atoms with Crippen LogP contribution in [0.25, 0.3) is 0 Å². The minimum atomic E-state index is -3.14. The van der Waals surface area contributed by atoms with Gasteiger partial charge in [0, 0.05) is 19.2 Å². The van der Waals surface area contributed by atoms with Crippen LogP contribution in [0.5, 0.6) is 11.5 Å². The average Bonchev–Trinajstić information content (AvgIpc) is 2.93. The quantitative estimate of drug-likeness (QED) is 0.778. The molecule has 132 valence electrons. The number of nitrogens with one attached hydrogen (secondary N) is 1. The highest BCUT2D eigenvalue weighted by atomic mass is 32.2. The van der Waals surface area contributed by atoms with E-state index in [-0.39, 0.29) is 11.5 Å². The molecule has 9 heteroatoms. The van der Waals surface area contributed by atoms with E-state index in [1.54, 1.807) is 18.2 Å². The molecule has 8 nitrogen and oxygen atoms in total. The molecule has 1 fully saturated rings. The van der Waals surface area contributed by atoms with Crippen LogP contribution in [0.1, 0.15) is 6.42 Å². The number of carbonyl (C=O) groups is 2. The van der Waals surface area contributed by atoms with Gasteiger partial charge < -0.3 is 19.7 Å². The van der Waals surface area contributed by atoms with E-state index in [0.29, 0.717) is 23.6 Å². The molecule has 1 aromatic carbocycles. The van der Waals surface area contributed by atoms with E-state index in [1.165, 1.54) is 26.2 Å². The summed E-state index contributed by atoms with van der Waals surface area (Å²) in [5.74, 6) is -0.844. The Morgan fingerprint density at radius 1 is 1.25 bits per heavy atom. The molecule has 0 aromatic heterocycles. The van der Waals surface area contributed by atoms with Crippen LogP contribution in [0, 0.1) is 0 Å². The molecule has 1 aromatic rings. The third-order valence-corrected chi connectivity index (χ3v) is 5.68. The number of methoxy groups -OCH3 is 2. The van der Waals surface area contributed by atoms with E-state index in [1.807, 2.05) is 0 Å². The molecule has 0 aliphatic carbocycles. The molecule has 1 aliphatic rings. The van der Waals surface area contributed by atoms with Crippen LogP contribution in [0.4, 0.5) is 5.69 Å². The van der Waals surface area contributed by atoms with Gasteiger partial charge in [0.25, 0.3) is 0 Å². The third-order valence-electron chi connectivity index (χ3n) is 3.93. The van der Waals surface area contributed by atoms with Gasteiger partial charge in [0.15, 0.2) is 9.84 Å². The Kier molecular flexibility index (Phi) is 5.33. The summed E-state index contributed by atoms with van der Waals surface area (Å²) in [4.78, 5) is 25.6. The lowest BCUT2D eigenvalue weighted by Gasteiger charge is -2.22. The summed E-state index contributed by atoms with van der Waals surface area (Å²) in [5, 5.41) is 2.48. The van der Waals surface area contributed by atoms with Crippen LogP contribution in [0.15, 0.2) is 18.2 Å². The second-order valence-corrected chi connectivity index (χ2v) is 7.72. The Bertz CT molecular complexity index is 746. The lowest BCUT2D eigenvalue weighted by Crippen LogP contribution is -2.43. The van der Waals surface area contributed by atoms with Crippen LogP contribution in [0.2, 0.25) is 0 Å². The van der Waals surface area contributed by atoms with Crippen molar-refractivity contribution in [3.8, 4) is 11.5 Å². The first-order valence-electron chi connectivity index (χ1n) is 7.28. The Morgan fingerprint density at radius 3 is 2.50 bits per heavy atom. The highest BCUT2D eigenvalue weighted by Gasteiger charge is 2.34. The van der Waals surface area contributed by atoms with E-state index in [2.05, 4.69) is 5.32 Å². The first-order valence-corrected chi connectivity index (χ1v) is 9.10. The van der Waals surface area contributed by atoms with Crippen molar-refractivity contribution in [1.82, 2.24) is 4.90 Å². The number of nitrogens with zero attached hydrogens (tertiary/aromatic N) is 1. The predicted octanol–water partition coefficient (Wildman–Crippen LogP) is 0.288. The van der Waals surface area contributed by atoms with Crippen LogP contribution in [0.3, 0.4) is 0 Å². The maximum Gasteiger partial charge on any atom is 0.314 e. The van der Waals surface area contributed by atoms with Crippen molar-refractivity contribution in [1.29, 1.82) is 0 Å². The van der Waals surface area contributed by atoms with Crippen molar-refractivity contribution in [3.05, 3.63) is 18.2 Å². The second kappa shape index (κ2) is 7.08. The van der Waals surface area contributed by atoms with Gasteiger partial charge in [-0.15, -0.1) is 0 Å². The molecule has 1 atom stereocenters. The number of carbonyl (C=O) groups excluding carboxylic acids is 2. The molecule has 1 aliphatic heterocycles. The molecule has 0 spiro atoms. The second-order valence-electron chi connectivity index (χ2n) is 5.49. The fraction of sp³-hybridized carbons (Fsp3) is 0.467. The fourth-order valence-corrected chi connectivity index (χ4v) is 4.26. The number of ether oxygens (including phenoxy) is 2. The first kappa shape index (κ1) is 18.1. The zero-order valence-corrected chi connectivity index (χ0v) is 14.6. The lowest BCUT2D eigenvalue weighted by atomic mass is 10.2. The molecular weight excluding hydrogens is 336 g/mol. The van der Waals surface area contributed by atoms with Crippen LogP contribution < -0.4 is 14.8 Å². The zero-order chi connectivity index (χ0) is 17.9. The highest BCUT2D eigenvalue weighted by Crippen LogP contribution is 2.29. The summed E-state index contributed by atoms with van der Waals surface area (Å²) in [6.07, 6.45) is 0.337. The van der Waals surface area contributed by atoms with E-state index < -0.39 is 27.7 Å². The number of rotatable bonds is 4. The molecule has 2 rings (SSSR count). The summed E-state index contributed by atoms with van der Waals surface area (Å²) in [7, 11) is 1.23. The van der Waals surface area contributed by atoms with Gasteiger partial charge >= 0.3 is 11.8 Å². The maximum atomic E-state index is 12.2. The number of hydrogen-bond donors (Lipinski definition) is 1. The Labute approximate surface area is 140 Å². The normalized spacial score (nSPS) is 18.7. The molecule has 1 N–H and O–H groups in total. The average molecular weight is 356 g/mol. The molecule has 0 bridgehead atoms. The summed E-state index contributed by atoms with van der Waals surface area (Å²) >= 11 is 0. The minimum Gasteiger partial charge on any atom is -0.497 e. The van der Waals surface area contributed by atoms with E-state index in [4.69, 9.17) is 9.47 Å². The SMILES string of the molecule is COc1ccc(NC(=O)C(=O)N(C)C2CCS(=O)(=O)C2)c(OC)c1. The summed E-state index contributed by atoms with van der Waals surface area (Å²) < 4.78 is 33.2.